The minimum atomic E-state index is -0.690. The Hall–Kier alpha value is -1.84. The molecule has 0 bridgehead atoms. The second kappa shape index (κ2) is 5.17. The van der Waals surface area contributed by atoms with Crippen molar-refractivity contribution in [1.29, 1.82) is 0 Å². The monoisotopic (exact) mass is 286 g/mol. The number of hydrogen-bond acceptors (Lipinski definition) is 2. The van der Waals surface area contributed by atoms with Crippen molar-refractivity contribution in [2.75, 3.05) is 0 Å². The highest BCUT2D eigenvalue weighted by atomic mass is 16.4. The van der Waals surface area contributed by atoms with E-state index in [-0.39, 0.29) is 11.8 Å². The van der Waals surface area contributed by atoms with Crippen molar-refractivity contribution in [2.24, 2.45) is 11.8 Å². The lowest BCUT2D eigenvalue weighted by molar-refractivity contribution is -0.142. The van der Waals surface area contributed by atoms with Crippen molar-refractivity contribution in [3.63, 3.8) is 0 Å². The van der Waals surface area contributed by atoms with E-state index in [1.54, 1.807) is 0 Å². The van der Waals surface area contributed by atoms with Gasteiger partial charge in [0.25, 0.3) is 0 Å². The molecule has 4 heteroatoms. The van der Waals surface area contributed by atoms with E-state index in [0.717, 1.165) is 41.7 Å². The van der Waals surface area contributed by atoms with Gasteiger partial charge in [-0.15, -0.1) is 0 Å². The second-order valence-electron chi connectivity index (χ2n) is 6.40. The van der Waals surface area contributed by atoms with Gasteiger partial charge in [-0.05, 0) is 49.8 Å². The van der Waals surface area contributed by atoms with Gasteiger partial charge < -0.3 is 10.1 Å². The van der Waals surface area contributed by atoms with Crippen LogP contribution in [-0.4, -0.2) is 21.0 Å². The maximum atomic E-state index is 11.5. The average molecular weight is 286 g/mol. The topological polar surface area (TPSA) is 66.0 Å². The molecule has 2 aromatic rings. The quantitative estimate of drug-likeness (QED) is 0.902. The lowest BCUT2D eigenvalue weighted by Gasteiger charge is -2.12. The molecule has 3 atom stereocenters. The Morgan fingerprint density at radius 2 is 2.14 bits per heavy atom. The molecule has 0 saturated heterocycles. The largest absolute Gasteiger partial charge is 0.481 e. The van der Waals surface area contributed by atoms with E-state index in [1.807, 2.05) is 0 Å². The molecule has 1 aromatic carbocycles. The van der Waals surface area contributed by atoms with Crippen molar-refractivity contribution in [3.8, 4) is 0 Å². The third-order valence-electron chi connectivity index (χ3n) is 4.85. The van der Waals surface area contributed by atoms with E-state index >= 15 is 0 Å². The third kappa shape index (κ3) is 2.43. The van der Waals surface area contributed by atoms with Gasteiger partial charge in [-0.2, -0.15) is 0 Å². The van der Waals surface area contributed by atoms with Crippen LogP contribution in [0.1, 0.15) is 49.1 Å². The van der Waals surface area contributed by atoms with Crippen molar-refractivity contribution < 1.29 is 9.90 Å². The van der Waals surface area contributed by atoms with Crippen LogP contribution in [0.3, 0.4) is 0 Å². The summed E-state index contributed by atoms with van der Waals surface area (Å²) in [6.45, 7) is 6.26. The molecule has 1 aromatic heterocycles. The van der Waals surface area contributed by atoms with Gasteiger partial charge in [-0.1, -0.05) is 19.4 Å². The summed E-state index contributed by atoms with van der Waals surface area (Å²) in [7, 11) is 0. The number of aromatic nitrogens is 2. The summed E-state index contributed by atoms with van der Waals surface area (Å²) < 4.78 is 0. The van der Waals surface area contributed by atoms with E-state index in [2.05, 4.69) is 37.9 Å². The van der Waals surface area contributed by atoms with Crippen LogP contribution in [0.25, 0.3) is 11.0 Å². The van der Waals surface area contributed by atoms with Gasteiger partial charge >= 0.3 is 5.97 Å². The van der Waals surface area contributed by atoms with Crippen LogP contribution >= 0.6 is 0 Å². The molecule has 1 fully saturated rings. The average Bonchev–Trinajstić information content (AvgIpc) is 3.01. The molecule has 1 aliphatic carbocycles. The van der Waals surface area contributed by atoms with Crippen LogP contribution < -0.4 is 0 Å². The lowest BCUT2D eigenvalue weighted by Crippen LogP contribution is -2.17. The first-order valence-electron chi connectivity index (χ1n) is 7.69. The number of aryl methyl sites for hydroxylation is 2. The van der Waals surface area contributed by atoms with E-state index in [4.69, 9.17) is 4.98 Å². The normalized spacial score (nSPS) is 25.6. The Morgan fingerprint density at radius 3 is 2.81 bits per heavy atom. The molecule has 0 amide bonds. The fraction of sp³-hybridized carbons (Fsp3) is 0.529. The first kappa shape index (κ1) is 14.1. The first-order chi connectivity index (χ1) is 9.99. The van der Waals surface area contributed by atoms with Crippen molar-refractivity contribution >= 4 is 17.0 Å². The third-order valence-corrected chi connectivity index (χ3v) is 4.85. The van der Waals surface area contributed by atoms with Gasteiger partial charge in [0.2, 0.25) is 0 Å². The zero-order chi connectivity index (χ0) is 15.1. The number of benzene rings is 1. The molecule has 0 aliphatic heterocycles. The van der Waals surface area contributed by atoms with Crippen molar-refractivity contribution in [1.82, 2.24) is 9.97 Å². The van der Waals surface area contributed by atoms with Crippen LogP contribution in [-0.2, 0) is 4.79 Å². The van der Waals surface area contributed by atoms with E-state index in [1.165, 1.54) is 5.56 Å². The molecule has 1 heterocycles. The number of carboxylic acid groups (broad SMARTS) is 1. The number of carboxylic acids is 1. The fourth-order valence-electron chi connectivity index (χ4n) is 3.72. The summed E-state index contributed by atoms with van der Waals surface area (Å²) in [6, 6.07) is 4.20. The van der Waals surface area contributed by atoms with Gasteiger partial charge in [0, 0.05) is 5.92 Å². The molecule has 1 aliphatic rings. The highest BCUT2D eigenvalue weighted by molar-refractivity contribution is 5.80. The number of nitrogens with one attached hydrogen (secondary N) is 1. The summed E-state index contributed by atoms with van der Waals surface area (Å²) in [5.74, 6) is 0.356. The Morgan fingerprint density at radius 1 is 1.38 bits per heavy atom. The zero-order valence-electron chi connectivity index (χ0n) is 12.8. The minimum Gasteiger partial charge on any atom is -0.481 e. The lowest BCUT2D eigenvalue weighted by atomic mass is 9.96. The van der Waals surface area contributed by atoms with E-state index < -0.39 is 5.97 Å². The number of nitrogens with zero attached hydrogens (tertiary/aromatic N) is 1. The molecular weight excluding hydrogens is 264 g/mol. The SMILES string of the molecule is CCC1CC(C(=O)O)C(c2nc3c(C)cc(C)cc3[nH]2)C1. The minimum absolute atomic E-state index is 0.0135. The Balaban J connectivity index is 2.02. The summed E-state index contributed by atoms with van der Waals surface area (Å²) in [6.07, 6.45) is 2.73. The highest BCUT2D eigenvalue weighted by Gasteiger charge is 2.40. The summed E-state index contributed by atoms with van der Waals surface area (Å²) >= 11 is 0. The maximum absolute atomic E-state index is 11.5. The number of carbonyl (C=O) groups is 1. The van der Waals surface area contributed by atoms with Gasteiger partial charge in [-0.25, -0.2) is 4.98 Å². The van der Waals surface area contributed by atoms with Gasteiger partial charge in [0.05, 0.1) is 17.0 Å². The van der Waals surface area contributed by atoms with Crippen LogP contribution in [0.4, 0.5) is 0 Å². The fourth-order valence-corrected chi connectivity index (χ4v) is 3.72. The first-order valence-corrected chi connectivity index (χ1v) is 7.69. The Labute approximate surface area is 124 Å². The summed E-state index contributed by atoms with van der Waals surface area (Å²) in [4.78, 5) is 19.6. The molecule has 1 saturated carbocycles. The standard InChI is InChI=1S/C17H22N2O2/c1-4-11-7-12(13(8-11)17(20)21)16-18-14-6-9(2)5-10(3)15(14)19-16/h5-6,11-13H,4,7-8H2,1-3H3,(H,18,19)(H,20,21). The maximum Gasteiger partial charge on any atom is 0.307 e. The van der Waals surface area contributed by atoms with Crippen LogP contribution in [0.2, 0.25) is 0 Å². The molecule has 21 heavy (non-hydrogen) atoms. The molecule has 112 valence electrons. The second-order valence-corrected chi connectivity index (χ2v) is 6.40. The van der Waals surface area contributed by atoms with Crippen LogP contribution in [0.5, 0.6) is 0 Å². The van der Waals surface area contributed by atoms with Crippen LogP contribution in [0, 0.1) is 25.7 Å². The zero-order valence-corrected chi connectivity index (χ0v) is 12.8. The summed E-state index contributed by atoms with van der Waals surface area (Å²) in [5, 5.41) is 9.49. The number of aliphatic carboxylic acids is 1. The molecular formula is C17H22N2O2. The number of H-pyrrole nitrogens is 1. The van der Waals surface area contributed by atoms with Crippen LogP contribution in [0.15, 0.2) is 12.1 Å². The Kier molecular flexibility index (Phi) is 3.47. The molecule has 3 rings (SSSR count). The number of hydrogen-bond donors (Lipinski definition) is 2. The van der Waals surface area contributed by atoms with Gasteiger partial charge in [0.1, 0.15) is 5.82 Å². The molecule has 2 N–H and O–H groups in total. The predicted octanol–water partition coefficient (Wildman–Crippen LogP) is 3.78. The predicted molar refractivity (Wildman–Crippen MR) is 82.4 cm³/mol. The van der Waals surface area contributed by atoms with Crippen molar-refractivity contribution in [3.05, 3.63) is 29.1 Å². The van der Waals surface area contributed by atoms with E-state index in [0.29, 0.717) is 5.92 Å². The van der Waals surface area contributed by atoms with Crippen molar-refractivity contribution in [2.45, 2.75) is 46.0 Å². The molecule has 4 nitrogen and oxygen atoms in total. The molecule has 3 unspecified atom stereocenters. The number of rotatable bonds is 3. The number of aromatic amines is 1. The number of imidazole rings is 1. The number of fused-ring (bicyclic) bond motifs is 1. The van der Waals surface area contributed by atoms with Gasteiger partial charge in [-0.3, -0.25) is 4.79 Å². The Bertz CT molecular complexity index is 689. The smallest absolute Gasteiger partial charge is 0.307 e. The highest BCUT2D eigenvalue weighted by Crippen LogP contribution is 2.44. The summed E-state index contributed by atoms with van der Waals surface area (Å²) in [5.41, 5.74) is 4.33. The molecule has 0 spiro atoms. The molecule has 0 radical (unpaired) electrons. The van der Waals surface area contributed by atoms with E-state index in [9.17, 15) is 9.90 Å². The van der Waals surface area contributed by atoms with Gasteiger partial charge in [0.15, 0.2) is 0 Å².